The molecule has 0 atom stereocenters. The van der Waals surface area contributed by atoms with Crippen LogP contribution in [0, 0.1) is 0 Å². The number of carbonyl (C=O) groups excluding carboxylic acids is 1. The van der Waals surface area contributed by atoms with Crippen LogP contribution in [0.15, 0.2) is 60.2 Å². The molecule has 1 aromatic carbocycles. The zero-order chi connectivity index (χ0) is 11.1. The monoisotopic (exact) mass is 200 g/mol. The summed E-state index contributed by atoms with van der Waals surface area (Å²) in [5, 5.41) is 3.72. The Balaban J connectivity index is 2.54. The fourth-order valence-electron chi connectivity index (χ4n) is 0.881. The van der Waals surface area contributed by atoms with Gasteiger partial charge >= 0.3 is 0 Å². The fourth-order valence-corrected chi connectivity index (χ4v) is 0.881. The quantitative estimate of drug-likeness (QED) is 0.451. The van der Waals surface area contributed by atoms with Crippen LogP contribution in [0.4, 0.5) is 0 Å². The zero-order valence-electron chi connectivity index (χ0n) is 8.31. The first-order valence-electron chi connectivity index (χ1n) is 4.44. The number of hydrogen-bond donors (Lipinski definition) is 1. The number of benzene rings is 1. The molecule has 0 saturated carbocycles. The van der Waals surface area contributed by atoms with Crippen molar-refractivity contribution in [3.05, 3.63) is 60.7 Å². The van der Waals surface area contributed by atoms with Gasteiger partial charge in [-0.15, -0.1) is 0 Å². The van der Waals surface area contributed by atoms with E-state index in [2.05, 4.69) is 23.7 Å². The SMILES string of the molecule is C=CC(=C)C=NNC(=O)c1ccccc1. The highest BCUT2D eigenvalue weighted by molar-refractivity contribution is 5.94. The van der Waals surface area contributed by atoms with Crippen molar-refractivity contribution in [1.29, 1.82) is 0 Å². The van der Waals surface area contributed by atoms with E-state index in [1.807, 2.05) is 6.07 Å². The molecule has 0 saturated heterocycles. The Kier molecular flexibility index (Phi) is 4.04. The molecule has 0 bridgehead atoms. The summed E-state index contributed by atoms with van der Waals surface area (Å²) in [4.78, 5) is 11.4. The molecular weight excluding hydrogens is 188 g/mol. The minimum absolute atomic E-state index is 0.247. The van der Waals surface area contributed by atoms with E-state index in [1.165, 1.54) is 6.21 Å². The first-order chi connectivity index (χ1) is 7.24. The number of hydrogen-bond acceptors (Lipinski definition) is 2. The Morgan fingerprint density at radius 3 is 2.60 bits per heavy atom. The standard InChI is InChI=1S/C12H12N2O/c1-3-10(2)9-13-14-12(15)11-7-5-4-6-8-11/h3-9H,1-2H2,(H,14,15). The molecule has 1 N–H and O–H groups in total. The lowest BCUT2D eigenvalue weighted by Gasteiger charge is -1.98. The van der Waals surface area contributed by atoms with Crippen LogP contribution in [-0.4, -0.2) is 12.1 Å². The number of nitrogens with zero attached hydrogens (tertiary/aromatic N) is 1. The van der Waals surface area contributed by atoms with E-state index in [9.17, 15) is 4.79 Å². The summed E-state index contributed by atoms with van der Waals surface area (Å²) in [6.45, 7) is 7.14. The Morgan fingerprint density at radius 2 is 2.00 bits per heavy atom. The van der Waals surface area contributed by atoms with Crippen molar-refractivity contribution in [3.63, 3.8) is 0 Å². The molecule has 0 unspecified atom stereocenters. The van der Waals surface area contributed by atoms with E-state index in [0.29, 0.717) is 11.1 Å². The van der Waals surface area contributed by atoms with Gasteiger partial charge in [0.2, 0.25) is 0 Å². The van der Waals surface area contributed by atoms with Crippen molar-refractivity contribution in [2.24, 2.45) is 5.10 Å². The molecule has 0 radical (unpaired) electrons. The molecule has 0 aromatic heterocycles. The predicted molar refractivity (Wildman–Crippen MR) is 61.7 cm³/mol. The molecule has 3 nitrogen and oxygen atoms in total. The van der Waals surface area contributed by atoms with Gasteiger partial charge in [0.05, 0.1) is 6.21 Å². The van der Waals surface area contributed by atoms with E-state index in [-0.39, 0.29) is 5.91 Å². The lowest BCUT2D eigenvalue weighted by atomic mass is 10.2. The van der Waals surface area contributed by atoms with Crippen molar-refractivity contribution < 1.29 is 4.79 Å². The lowest BCUT2D eigenvalue weighted by Crippen LogP contribution is -2.17. The first-order valence-corrected chi connectivity index (χ1v) is 4.44. The van der Waals surface area contributed by atoms with Gasteiger partial charge in [0.25, 0.3) is 5.91 Å². The molecule has 0 fully saturated rings. The van der Waals surface area contributed by atoms with Crippen molar-refractivity contribution >= 4 is 12.1 Å². The average molecular weight is 200 g/mol. The van der Waals surface area contributed by atoms with Gasteiger partial charge in [0, 0.05) is 5.56 Å². The fraction of sp³-hybridized carbons (Fsp3) is 0. The van der Waals surface area contributed by atoms with Gasteiger partial charge in [-0.25, -0.2) is 5.43 Å². The third-order valence-corrected chi connectivity index (χ3v) is 1.69. The van der Waals surface area contributed by atoms with Gasteiger partial charge in [-0.05, 0) is 17.7 Å². The van der Waals surface area contributed by atoms with Crippen molar-refractivity contribution in [3.8, 4) is 0 Å². The zero-order valence-corrected chi connectivity index (χ0v) is 8.31. The second-order valence-electron chi connectivity index (χ2n) is 2.84. The molecule has 1 aromatic rings. The Bertz CT molecular complexity index is 393. The third kappa shape index (κ3) is 3.60. The van der Waals surface area contributed by atoms with Crippen LogP contribution in [0.25, 0.3) is 0 Å². The number of rotatable bonds is 4. The van der Waals surface area contributed by atoms with Crippen LogP contribution in [0.5, 0.6) is 0 Å². The minimum atomic E-state index is -0.247. The van der Waals surface area contributed by atoms with E-state index in [4.69, 9.17) is 0 Å². The van der Waals surface area contributed by atoms with Crippen LogP contribution in [0.2, 0.25) is 0 Å². The summed E-state index contributed by atoms with van der Waals surface area (Å²) >= 11 is 0. The van der Waals surface area contributed by atoms with Gasteiger partial charge in [0.1, 0.15) is 0 Å². The van der Waals surface area contributed by atoms with Crippen LogP contribution >= 0.6 is 0 Å². The Hall–Kier alpha value is -2.16. The molecule has 1 rings (SSSR count). The van der Waals surface area contributed by atoms with E-state index < -0.39 is 0 Å². The topological polar surface area (TPSA) is 41.5 Å². The minimum Gasteiger partial charge on any atom is -0.267 e. The number of allylic oxidation sites excluding steroid dienone is 2. The highest BCUT2D eigenvalue weighted by Crippen LogP contribution is 1.97. The summed E-state index contributed by atoms with van der Waals surface area (Å²) in [5.74, 6) is -0.247. The first kappa shape index (κ1) is 10.9. The third-order valence-electron chi connectivity index (χ3n) is 1.69. The molecular formula is C12H12N2O. The summed E-state index contributed by atoms with van der Waals surface area (Å²) in [6, 6.07) is 8.86. The second kappa shape index (κ2) is 5.54. The maximum absolute atomic E-state index is 11.4. The molecule has 0 heterocycles. The van der Waals surface area contributed by atoms with Crippen LogP contribution in [-0.2, 0) is 0 Å². The van der Waals surface area contributed by atoms with Crippen LogP contribution in [0.1, 0.15) is 10.4 Å². The van der Waals surface area contributed by atoms with Gasteiger partial charge in [0.15, 0.2) is 0 Å². The average Bonchev–Trinajstić information content (AvgIpc) is 2.29. The van der Waals surface area contributed by atoms with E-state index >= 15 is 0 Å². The van der Waals surface area contributed by atoms with Gasteiger partial charge in [-0.1, -0.05) is 37.4 Å². The summed E-state index contributed by atoms with van der Waals surface area (Å²) in [5.41, 5.74) is 3.60. The van der Waals surface area contributed by atoms with Crippen molar-refractivity contribution in [2.45, 2.75) is 0 Å². The number of hydrazone groups is 1. The van der Waals surface area contributed by atoms with Crippen LogP contribution < -0.4 is 5.43 Å². The molecule has 76 valence electrons. The lowest BCUT2D eigenvalue weighted by molar-refractivity contribution is 0.0955. The Morgan fingerprint density at radius 1 is 1.33 bits per heavy atom. The number of nitrogens with one attached hydrogen (secondary N) is 1. The molecule has 0 aliphatic carbocycles. The van der Waals surface area contributed by atoms with Crippen molar-refractivity contribution in [2.75, 3.05) is 0 Å². The van der Waals surface area contributed by atoms with E-state index in [1.54, 1.807) is 30.3 Å². The summed E-state index contributed by atoms with van der Waals surface area (Å²) < 4.78 is 0. The highest BCUT2D eigenvalue weighted by Gasteiger charge is 2.00. The van der Waals surface area contributed by atoms with Gasteiger partial charge < -0.3 is 0 Å². The molecule has 0 spiro atoms. The smallest absolute Gasteiger partial charge is 0.267 e. The van der Waals surface area contributed by atoms with Gasteiger partial charge in [-0.2, -0.15) is 5.10 Å². The maximum Gasteiger partial charge on any atom is 0.271 e. The van der Waals surface area contributed by atoms with Crippen molar-refractivity contribution in [1.82, 2.24) is 5.43 Å². The predicted octanol–water partition coefficient (Wildman–Crippen LogP) is 2.14. The van der Waals surface area contributed by atoms with E-state index in [0.717, 1.165) is 0 Å². The molecule has 0 aliphatic rings. The highest BCUT2D eigenvalue weighted by atomic mass is 16.2. The normalized spacial score (nSPS) is 9.87. The second-order valence-corrected chi connectivity index (χ2v) is 2.84. The van der Waals surface area contributed by atoms with Crippen LogP contribution in [0.3, 0.4) is 0 Å². The molecule has 1 amide bonds. The number of amides is 1. The van der Waals surface area contributed by atoms with Gasteiger partial charge in [-0.3, -0.25) is 4.79 Å². The molecule has 3 heteroatoms. The molecule has 15 heavy (non-hydrogen) atoms. The Labute approximate surface area is 88.8 Å². The maximum atomic E-state index is 11.4. The molecule has 0 aliphatic heterocycles. The summed E-state index contributed by atoms with van der Waals surface area (Å²) in [7, 11) is 0. The largest absolute Gasteiger partial charge is 0.271 e. The number of carbonyl (C=O) groups is 1. The summed E-state index contributed by atoms with van der Waals surface area (Å²) in [6.07, 6.45) is 2.99.